The van der Waals surface area contributed by atoms with Crippen molar-refractivity contribution < 1.29 is 4.79 Å². The van der Waals surface area contributed by atoms with Gasteiger partial charge in [0.15, 0.2) is 0 Å². The zero-order valence-corrected chi connectivity index (χ0v) is 11.1. The molecule has 104 valence electrons. The Morgan fingerprint density at radius 3 is 2.50 bits per heavy atom. The summed E-state index contributed by atoms with van der Waals surface area (Å²) in [6, 6.07) is 9.50. The average Bonchev–Trinajstić information content (AvgIpc) is 2.45. The van der Waals surface area contributed by atoms with E-state index in [2.05, 4.69) is 4.98 Å². The van der Waals surface area contributed by atoms with Gasteiger partial charge in [0.1, 0.15) is 5.56 Å². The van der Waals surface area contributed by atoms with Gasteiger partial charge in [0.2, 0.25) is 0 Å². The van der Waals surface area contributed by atoms with E-state index in [1.807, 2.05) is 42.2 Å². The highest BCUT2D eigenvalue weighted by Crippen LogP contribution is 2.06. The van der Waals surface area contributed by atoms with Crippen LogP contribution in [0.5, 0.6) is 0 Å². The number of H-pyrrole nitrogens is 2. The van der Waals surface area contributed by atoms with Gasteiger partial charge >= 0.3 is 5.69 Å². The van der Waals surface area contributed by atoms with E-state index in [4.69, 9.17) is 0 Å². The molecule has 6 nitrogen and oxygen atoms in total. The predicted molar refractivity (Wildman–Crippen MR) is 74.5 cm³/mol. The lowest BCUT2D eigenvalue weighted by Crippen LogP contribution is -2.36. The Kier molecular flexibility index (Phi) is 4.14. The average molecular weight is 273 g/mol. The number of hydrogen-bond acceptors (Lipinski definition) is 3. The summed E-state index contributed by atoms with van der Waals surface area (Å²) in [5, 5.41) is 0. The van der Waals surface area contributed by atoms with Crippen molar-refractivity contribution in [1.29, 1.82) is 0 Å². The monoisotopic (exact) mass is 273 g/mol. The maximum Gasteiger partial charge on any atom is 0.325 e. The molecule has 0 spiro atoms. The Morgan fingerprint density at radius 1 is 1.20 bits per heavy atom. The van der Waals surface area contributed by atoms with Crippen LogP contribution >= 0.6 is 0 Å². The number of aromatic amines is 2. The predicted octanol–water partition coefficient (Wildman–Crippen LogP) is 0.726. The van der Waals surface area contributed by atoms with Crippen molar-refractivity contribution >= 4 is 5.91 Å². The van der Waals surface area contributed by atoms with E-state index in [-0.39, 0.29) is 5.56 Å². The van der Waals surface area contributed by atoms with Gasteiger partial charge in [-0.1, -0.05) is 30.3 Å². The number of amides is 1. The Bertz CT molecular complexity index is 703. The SMILES string of the molecule is CCN(Cc1ccccc1)C(=O)c1c[nH]c(=O)[nH]c1=O. The summed E-state index contributed by atoms with van der Waals surface area (Å²) in [6.07, 6.45) is 1.15. The number of nitrogens with one attached hydrogen (secondary N) is 2. The molecule has 0 fully saturated rings. The third-order valence-electron chi connectivity index (χ3n) is 2.93. The summed E-state index contributed by atoms with van der Waals surface area (Å²) in [5.74, 6) is -0.408. The Hall–Kier alpha value is -2.63. The van der Waals surface area contributed by atoms with E-state index < -0.39 is 17.2 Å². The van der Waals surface area contributed by atoms with Crippen molar-refractivity contribution in [1.82, 2.24) is 14.9 Å². The van der Waals surface area contributed by atoms with E-state index in [0.29, 0.717) is 13.1 Å². The van der Waals surface area contributed by atoms with Gasteiger partial charge in [0, 0.05) is 19.3 Å². The first kappa shape index (κ1) is 13.8. The maximum atomic E-state index is 12.3. The second kappa shape index (κ2) is 6.01. The van der Waals surface area contributed by atoms with E-state index in [0.717, 1.165) is 11.8 Å². The molecule has 0 saturated heterocycles. The van der Waals surface area contributed by atoms with Crippen molar-refractivity contribution in [2.24, 2.45) is 0 Å². The number of carbonyl (C=O) groups is 1. The molecular formula is C14H15N3O3. The number of benzene rings is 1. The molecule has 2 rings (SSSR count). The van der Waals surface area contributed by atoms with Crippen LogP contribution in [0, 0.1) is 0 Å². The third kappa shape index (κ3) is 3.03. The van der Waals surface area contributed by atoms with Crippen molar-refractivity contribution in [2.45, 2.75) is 13.5 Å². The molecule has 0 aliphatic rings. The lowest BCUT2D eigenvalue weighted by atomic mass is 10.2. The second-order valence-electron chi connectivity index (χ2n) is 4.29. The van der Waals surface area contributed by atoms with Gasteiger partial charge in [-0.25, -0.2) is 4.79 Å². The minimum absolute atomic E-state index is 0.0672. The van der Waals surface area contributed by atoms with Crippen LogP contribution in [0.3, 0.4) is 0 Å². The number of rotatable bonds is 4. The quantitative estimate of drug-likeness (QED) is 0.860. The van der Waals surface area contributed by atoms with Gasteiger partial charge in [0.25, 0.3) is 11.5 Å². The second-order valence-corrected chi connectivity index (χ2v) is 4.29. The molecule has 0 radical (unpaired) electrons. The molecule has 1 aromatic heterocycles. The van der Waals surface area contributed by atoms with Crippen LogP contribution < -0.4 is 11.2 Å². The number of aromatic nitrogens is 2. The molecule has 1 amide bonds. The minimum Gasteiger partial charge on any atom is -0.334 e. The van der Waals surface area contributed by atoms with Gasteiger partial charge in [-0.05, 0) is 12.5 Å². The normalized spacial score (nSPS) is 10.2. The van der Waals surface area contributed by atoms with Crippen LogP contribution in [0.2, 0.25) is 0 Å². The lowest BCUT2D eigenvalue weighted by molar-refractivity contribution is 0.0750. The molecule has 0 aliphatic heterocycles. The maximum absolute atomic E-state index is 12.3. The van der Waals surface area contributed by atoms with Gasteiger partial charge in [-0.15, -0.1) is 0 Å². The molecule has 20 heavy (non-hydrogen) atoms. The molecule has 0 unspecified atom stereocenters. The summed E-state index contributed by atoms with van der Waals surface area (Å²) in [5.41, 5.74) is -0.395. The molecule has 1 aromatic carbocycles. The fourth-order valence-corrected chi connectivity index (χ4v) is 1.87. The first-order chi connectivity index (χ1) is 9.61. The van der Waals surface area contributed by atoms with E-state index in [1.165, 1.54) is 4.90 Å². The highest BCUT2D eigenvalue weighted by Gasteiger charge is 2.17. The van der Waals surface area contributed by atoms with E-state index in [9.17, 15) is 14.4 Å². The molecular weight excluding hydrogens is 258 g/mol. The first-order valence-electron chi connectivity index (χ1n) is 6.27. The highest BCUT2D eigenvalue weighted by atomic mass is 16.2. The van der Waals surface area contributed by atoms with Gasteiger partial charge in [0.05, 0.1) is 0 Å². The van der Waals surface area contributed by atoms with Crippen LogP contribution in [0.25, 0.3) is 0 Å². The summed E-state index contributed by atoms with van der Waals surface area (Å²) in [6.45, 7) is 2.71. The summed E-state index contributed by atoms with van der Waals surface area (Å²) >= 11 is 0. The number of nitrogens with zero attached hydrogens (tertiary/aromatic N) is 1. The smallest absolute Gasteiger partial charge is 0.325 e. The largest absolute Gasteiger partial charge is 0.334 e. The van der Waals surface area contributed by atoms with Gasteiger partial charge in [-0.2, -0.15) is 0 Å². The summed E-state index contributed by atoms with van der Waals surface area (Å²) < 4.78 is 0. The van der Waals surface area contributed by atoms with Gasteiger partial charge < -0.3 is 9.88 Å². The molecule has 0 aliphatic carbocycles. The van der Waals surface area contributed by atoms with E-state index >= 15 is 0 Å². The molecule has 6 heteroatoms. The van der Waals surface area contributed by atoms with Crippen LogP contribution in [-0.2, 0) is 6.54 Å². The molecule has 0 saturated carbocycles. The van der Waals surface area contributed by atoms with Crippen LogP contribution in [0.15, 0.2) is 46.1 Å². The molecule has 0 atom stereocenters. The van der Waals surface area contributed by atoms with Crippen molar-refractivity contribution in [3.8, 4) is 0 Å². The van der Waals surface area contributed by atoms with Crippen molar-refractivity contribution in [2.75, 3.05) is 6.54 Å². The van der Waals surface area contributed by atoms with Crippen LogP contribution in [0.4, 0.5) is 0 Å². The standard InChI is InChI=1S/C14H15N3O3/c1-2-17(9-10-6-4-3-5-7-10)13(19)11-8-15-14(20)16-12(11)18/h3-8H,2,9H2,1H3,(H2,15,16,18,20). The van der Waals surface area contributed by atoms with Gasteiger partial charge in [-0.3, -0.25) is 14.6 Å². The Balaban J connectivity index is 2.25. The van der Waals surface area contributed by atoms with Crippen molar-refractivity contribution in [3.05, 3.63) is 68.5 Å². The first-order valence-corrected chi connectivity index (χ1v) is 6.27. The van der Waals surface area contributed by atoms with Crippen LogP contribution in [0.1, 0.15) is 22.8 Å². The summed E-state index contributed by atoms with van der Waals surface area (Å²) in [4.78, 5) is 40.8. The Labute approximate surface area is 115 Å². The van der Waals surface area contributed by atoms with Crippen molar-refractivity contribution in [3.63, 3.8) is 0 Å². The molecule has 1 heterocycles. The highest BCUT2D eigenvalue weighted by molar-refractivity contribution is 5.93. The summed E-state index contributed by atoms with van der Waals surface area (Å²) in [7, 11) is 0. The molecule has 0 bridgehead atoms. The third-order valence-corrected chi connectivity index (χ3v) is 2.93. The number of carbonyl (C=O) groups excluding carboxylic acids is 1. The minimum atomic E-state index is -0.676. The molecule has 2 N–H and O–H groups in total. The number of hydrogen-bond donors (Lipinski definition) is 2. The van der Waals surface area contributed by atoms with E-state index in [1.54, 1.807) is 0 Å². The fraction of sp³-hybridized carbons (Fsp3) is 0.214. The fourth-order valence-electron chi connectivity index (χ4n) is 1.87. The lowest BCUT2D eigenvalue weighted by Gasteiger charge is -2.20. The zero-order valence-electron chi connectivity index (χ0n) is 11.1. The zero-order chi connectivity index (χ0) is 14.5. The molecule has 2 aromatic rings. The Morgan fingerprint density at radius 2 is 1.90 bits per heavy atom. The van der Waals surface area contributed by atoms with Crippen LogP contribution in [-0.4, -0.2) is 27.3 Å². The topological polar surface area (TPSA) is 86.0 Å².